The number of para-hydroxylation sites is 3. The van der Waals surface area contributed by atoms with Crippen LogP contribution in [-0.2, 0) is 0 Å². The molecule has 0 saturated carbocycles. The molecule has 0 aliphatic heterocycles. The Morgan fingerprint density at radius 3 is 2.33 bits per heavy atom. The van der Waals surface area contributed by atoms with E-state index < -0.39 is 0 Å². The van der Waals surface area contributed by atoms with Gasteiger partial charge in [0.05, 0.1) is 11.0 Å². The van der Waals surface area contributed by atoms with Crippen molar-refractivity contribution in [2.24, 2.45) is 0 Å². The van der Waals surface area contributed by atoms with Crippen molar-refractivity contribution in [2.75, 3.05) is 0 Å². The van der Waals surface area contributed by atoms with E-state index in [1.165, 1.54) is 16.7 Å². The lowest BCUT2D eigenvalue weighted by Crippen LogP contribution is -1.97. The van der Waals surface area contributed by atoms with Crippen molar-refractivity contribution in [3.63, 3.8) is 0 Å². The Hall–Kier alpha value is -3.65. The molecule has 0 aliphatic rings. The van der Waals surface area contributed by atoms with Crippen LogP contribution in [0.4, 0.5) is 0 Å². The maximum Gasteiger partial charge on any atom is 0.145 e. The first-order valence-electron chi connectivity index (χ1n) is 10.3. The third-order valence-electron chi connectivity index (χ3n) is 5.31. The first-order chi connectivity index (χ1) is 14.7. The van der Waals surface area contributed by atoms with E-state index in [0.29, 0.717) is 0 Å². The number of allylic oxidation sites excluding steroid dienone is 5. The van der Waals surface area contributed by atoms with Gasteiger partial charge >= 0.3 is 0 Å². The highest BCUT2D eigenvalue weighted by atomic mass is 15.1. The second kappa shape index (κ2) is 8.79. The summed E-state index contributed by atoms with van der Waals surface area (Å²) in [5.41, 5.74) is 8.14. The van der Waals surface area contributed by atoms with Gasteiger partial charge in [0.15, 0.2) is 0 Å². The normalized spacial score (nSPS) is 12.3. The molecule has 0 atom stereocenters. The largest absolute Gasteiger partial charge is 0.292 e. The van der Waals surface area contributed by atoms with Crippen LogP contribution in [0.15, 0.2) is 109 Å². The molecular formula is C28H26N2. The van der Waals surface area contributed by atoms with E-state index >= 15 is 0 Å². The molecule has 1 heterocycles. The maximum absolute atomic E-state index is 4.95. The molecule has 0 spiro atoms. The molecule has 4 rings (SSSR count). The molecule has 1 aromatic heterocycles. The Morgan fingerprint density at radius 1 is 0.900 bits per heavy atom. The maximum atomic E-state index is 4.95. The van der Waals surface area contributed by atoms with Crippen molar-refractivity contribution in [3.05, 3.63) is 115 Å². The lowest BCUT2D eigenvalue weighted by molar-refractivity contribution is 1.10. The third kappa shape index (κ3) is 4.04. The number of aromatic nitrogens is 2. The SMILES string of the molecule is C=C/C=C(\C)C/C=C(\C)c1ccc(-c2nc3ccccc3n2-c2ccccc2)cc1. The summed E-state index contributed by atoms with van der Waals surface area (Å²) in [6.45, 7) is 8.05. The van der Waals surface area contributed by atoms with Crippen LogP contribution < -0.4 is 0 Å². The van der Waals surface area contributed by atoms with Gasteiger partial charge in [0.25, 0.3) is 0 Å². The molecule has 0 saturated heterocycles. The molecule has 2 heteroatoms. The molecule has 0 unspecified atom stereocenters. The standard InChI is InChI=1S/C28H26N2/c1-4-10-21(2)15-16-22(3)23-17-19-24(20-18-23)28-29-26-13-8-9-14-27(26)30(28)25-11-6-5-7-12-25/h4-14,16-20H,1,15H2,2-3H3/b21-10+,22-16+. The fourth-order valence-electron chi connectivity index (χ4n) is 3.64. The highest BCUT2D eigenvalue weighted by Gasteiger charge is 2.13. The first-order valence-corrected chi connectivity index (χ1v) is 10.3. The molecule has 0 N–H and O–H groups in total. The summed E-state index contributed by atoms with van der Waals surface area (Å²) in [5, 5.41) is 0. The zero-order valence-electron chi connectivity index (χ0n) is 17.5. The van der Waals surface area contributed by atoms with Gasteiger partial charge in [-0.25, -0.2) is 4.98 Å². The number of hydrogen-bond donors (Lipinski definition) is 0. The van der Waals surface area contributed by atoms with Crippen LogP contribution in [-0.4, -0.2) is 9.55 Å². The van der Waals surface area contributed by atoms with Gasteiger partial charge in [-0.3, -0.25) is 4.57 Å². The van der Waals surface area contributed by atoms with E-state index in [1.54, 1.807) is 0 Å². The average molecular weight is 391 g/mol. The van der Waals surface area contributed by atoms with Crippen LogP contribution in [0.3, 0.4) is 0 Å². The second-order valence-electron chi connectivity index (χ2n) is 7.51. The monoisotopic (exact) mass is 390 g/mol. The number of nitrogens with zero attached hydrogens (tertiary/aromatic N) is 2. The lowest BCUT2D eigenvalue weighted by Gasteiger charge is -2.10. The summed E-state index contributed by atoms with van der Waals surface area (Å²) in [6, 6.07) is 27.4. The Labute approximate surface area is 178 Å². The van der Waals surface area contributed by atoms with Crippen molar-refractivity contribution < 1.29 is 0 Å². The molecule has 0 radical (unpaired) electrons. The van der Waals surface area contributed by atoms with Gasteiger partial charge in [-0.15, -0.1) is 0 Å². The Kier molecular flexibility index (Phi) is 5.76. The molecule has 0 fully saturated rings. The van der Waals surface area contributed by atoms with Gasteiger partial charge < -0.3 is 0 Å². The minimum absolute atomic E-state index is 0.934. The average Bonchev–Trinajstić information content (AvgIpc) is 3.18. The zero-order valence-corrected chi connectivity index (χ0v) is 17.5. The molecule has 3 aromatic carbocycles. The van der Waals surface area contributed by atoms with Crippen molar-refractivity contribution in [2.45, 2.75) is 20.3 Å². The minimum atomic E-state index is 0.934. The first kappa shape index (κ1) is 19.7. The Balaban J connectivity index is 1.72. The zero-order chi connectivity index (χ0) is 20.9. The molecule has 2 nitrogen and oxygen atoms in total. The van der Waals surface area contributed by atoms with Crippen LogP contribution >= 0.6 is 0 Å². The molecular weight excluding hydrogens is 364 g/mol. The number of fused-ring (bicyclic) bond motifs is 1. The number of rotatable bonds is 6. The topological polar surface area (TPSA) is 17.8 Å². The van der Waals surface area contributed by atoms with Crippen LogP contribution in [0.2, 0.25) is 0 Å². The Bertz CT molecular complexity index is 1220. The number of hydrogen-bond acceptors (Lipinski definition) is 1. The van der Waals surface area contributed by atoms with Crippen LogP contribution in [0, 0.1) is 0 Å². The minimum Gasteiger partial charge on any atom is -0.292 e. The molecule has 30 heavy (non-hydrogen) atoms. The molecule has 0 aliphatic carbocycles. The van der Waals surface area contributed by atoms with Gasteiger partial charge in [0, 0.05) is 11.3 Å². The lowest BCUT2D eigenvalue weighted by atomic mass is 10.0. The van der Waals surface area contributed by atoms with E-state index in [-0.39, 0.29) is 0 Å². The van der Waals surface area contributed by atoms with Gasteiger partial charge in [0.1, 0.15) is 5.82 Å². The smallest absolute Gasteiger partial charge is 0.145 e. The summed E-state index contributed by atoms with van der Waals surface area (Å²) in [4.78, 5) is 4.95. The molecule has 148 valence electrons. The summed E-state index contributed by atoms with van der Waals surface area (Å²) >= 11 is 0. The van der Waals surface area contributed by atoms with Crippen molar-refractivity contribution in [1.29, 1.82) is 0 Å². The highest BCUT2D eigenvalue weighted by Crippen LogP contribution is 2.29. The summed E-state index contributed by atoms with van der Waals surface area (Å²) < 4.78 is 2.23. The summed E-state index contributed by atoms with van der Waals surface area (Å²) in [5.74, 6) is 0.959. The molecule has 4 aromatic rings. The van der Waals surface area contributed by atoms with Gasteiger partial charge in [-0.1, -0.05) is 85.0 Å². The van der Waals surface area contributed by atoms with Crippen LogP contribution in [0.25, 0.3) is 33.7 Å². The fourth-order valence-corrected chi connectivity index (χ4v) is 3.64. The van der Waals surface area contributed by atoms with Crippen molar-refractivity contribution in [3.8, 4) is 17.1 Å². The van der Waals surface area contributed by atoms with Crippen LogP contribution in [0.5, 0.6) is 0 Å². The van der Waals surface area contributed by atoms with Crippen molar-refractivity contribution >= 4 is 16.6 Å². The molecule has 0 bridgehead atoms. The quantitative estimate of drug-likeness (QED) is 0.310. The fraction of sp³-hybridized carbons (Fsp3) is 0.107. The van der Waals surface area contributed by atoms with E-state index in [1.807, 2.05) is 18.2 Å². The Morgan fingerprint density at radius 2 is 1.60 bits per heavy atom. The number of benzene rings is 3. The molecule has 0 amide bonds. The second-order valence-corrected chi connectivity index (χ2v) is 7.51. The van der Waals surface area contributed by atoms with E-state index in [4.69, 9.17) is 4.98 Å². The predicted octanol–water partition coefficient (Wildman–Crippen LogP) is 7.62. The summed E-state index contributed by atoms with van der Waals surface area (Å²) in [7, 11) is 0. The summed E-state index contributed by atoms with van der Waals surface area (Å²) in [6.07, 6.45) is 7.10. The predicted molar refractivity (Wildman–Crippen MR) is 129 cm³/mol. The van der Waals surface area contributed by atoms with Gasteiger partial charge in [-0.05, 0) is 55.7 Å². The van der Waals surface area contributed by atoms with E-state index in [2.05, 4.69) is 104 Å². The number of imidazole rings is 1. The van der Waals surface area contributed by atoms with E-state index in [0.717, 1.165) is 34.5 Å². The van der Waals surface area contributed by atoms with Crippen LogP contribution in [0.1, 0.15) is 25.8 Å². The van der Waals surface area contributed by atoms with Crippen molar-refractivity contribution in [1.82, 2.24) is 9.55 Å². The van der Waals surface area contributed by atoms with Gasteiger partial charge in [-0.2, -0.15) is 0 Å². The van der Waals surface area contributed by atoms with E-state index in [9.17, 15) is 0 Å². The highest BCUT2D eigenvalue weighted by molar-refractivity contribution is 5.83. The third-order valence-corrected chi connectivity index (χ3v) is 5.31. The van der Waals surface area contributed by atoms with Gasteiger partial charge in [0.2, 0.25) is 0 Å².